The molecular formula is C13H20N6. The highest BCUT2D eigenvalue weighted by molar-refractivity contribution is 5.13. The van der Waals surface area contributed by atoms with E-state index in [-0.39, 0.29) is 0 Å². The highest BCUT2D eigenvalue weighted by atomic mass is 15.5. The Labute approximate surface area is 113 Å². The molecule has 0 radical (unpaired) electrons. The zero-order chi connectivity index (χ0) is 13.5. The number of hydrogen-bond donors (Lipinski definition) is 0. The third-order valence-corrected chi connectivity index (χ3v) is 3.04. The average Bonchev–Trinajstić information content (AvgIpc) is 2.93. The van der Waals surface area contributed by atoms with Gasteiger partial charge in [-0.25, -0.2) is 4.68 Å². The quantitative estimate of drug-likeness (QED) is 0.747. The first-order valence-electron chi connectivity index (χ1n) is 6.61. The van der Waals surface area contributed by atoms with E-state index in [1.165, 1.54) is 5.56 Å². The van der Waals surface area contributed by atoms with Crippen LogP contribution in [0.5, 0.6) is 0 Å². The lowest BCUT2D eigenvalue weighted by Crippen LogP contribution is -2.21. The van der Waals surface area contributed by atoms with Gasteiger partial charge >= 0.3 is 0 Å². The van der Waals surface area contributed by atoms with Crippen LogP contribution >= 0.6 is 0 Å². The molecule has 0 aromatic carbocycles. The summed E-state index contributed by atoms with van der Waals surface area (Å²) in [4.78, 5) is 6.73. The van der Waals surface area contributed by atoms with Crippen molar-refractivity contribution in [2.24, 2.45) is 0 Å². The molecule has 0 amide bonds. The third-order valence-electron chi connectivity index (χ3n) is 3.04. The Morgan fingerprint density at radius 2 is 2.21 bits per heavy atom. The third kappa shape index (κ3) is 4.40. The van der Waals surface area contributed by atoms with Crippen molar-refractivity contribution in [1.82, 2.24) is 30.1 Å². The molecule has 2 aromatic heterocycles. The number of pyridine rings is 1. The zero-order valence-corrected chi connectivity index (χ0v) is 11.5. The molecule has 0 atom stereocenters. The van der Waals surface area contributed by atoms with Crippen LogP contribution in [0.1, 0.15) is 24.6 Å². The molecule has 0 saturated heterocycles. The molecule has 2 aromatic rings. The van der Waals surface area contributed by atoms with Crippen LogP contribution in [0, 0.1) is 0 Å². The van der Waals surface area contributed by atoms with Crippen LogP contribution in [0.25, 0.3) is 0 Å². The lowest BCUT2D eigenvalue weighted by molar-refractivity contribution is 0.307. The van der Waals surface area contributed by atoms with Gasteiger partial charge in [0.1, 0.15) is 6.33 Å². The van der Waals surface area contributed by atoms with Gasteiger partial charge in [-0.3, -0.25) is 4.98 Å². The number of aryl methyl sites for hydroxylation is 2. The van der Waals surface area contributed by atoms with Crippen LogP contribution in [0.2, 0.25) is 0 Å². The fourth-order valence-electron chi connectivity index (χ4n) is 1.90. The topological polar surface area (TPSA) is 59.7 Å². The van der Waals surface area contributed by atoms with Crippen molar-refractivity contribution in [2.45, 2.75) is 32.9 Å². The largest absolute Gasteiger partial charge is 0.300 e. The number of hydrogen-bond acceptors (Lipinski definition) is 5. The summed E-state index contributed by atoms with van der Waals surface area (Å²) in [7, 11) is 2.11. The van der Waals surface area contributed by atoms with E-state index in [1.54, 1.807) is 11.0 Å². The van der Waals surface area contributed by atoms with Gasteiger partial charge in [-0.15, -0.1) is 5.10 Å². The Balaban J connectivity index is 1.72. The summed E-state index contributed by atoms with van der Waals surface area (Å²) in [5.74, 6) is 0. The second-order valence-corrected chi connectivity index (χ2v) is 4.68. The van der Waals surface area contributed by atoms with E-state index in [2.05, 4.69) is 51.5 Å². The van der Waals surface area contributed by atoms with Crippen LogP contribution in [0.4, 0.5) is 0 Å². The summed E-state index contributed by atoms with van der Waals surface area (Å²) in [6.45, 7) is 4.86. The summed E-state index contributed by atoms with van der Waals surface area (Å²) in [6, 6.07) is 4.26. The van der Waals surface area contributed by atoms with Crippen LogP contribution < -0.4 is 0 Å². The summed E-state index contributed by atoms with van der Waals surface area (Å²) in [6.07, 6.45) is 5.67. The van der Waals surface area contributed by atoms with Gasteiger partial charge in [-0.2, -0.15) is 0 Å². The molecule has 0 bridgehead atoms. The van der Waals surface area contributed by atoms with Crippen LogP contribution in [0.15, 0.2) is 24.7 Å². The molecule has 102 valence electrons. The van der Waals surface area contributed by atoms with E-state index in [9.17, 15) is 0 Å². The first kappa shape index (κ1) is 13.6. The van der Waals surface area contributed by atoms with Crippen molar-refractivity contribution in [2.75, 3.05) is 13.6 Å². The Kier molecular flexibility index (Phi) is 4.97. The van der Waals surface area contributed by atoms with Crippen LogP contribution in [-0.4, -0.2) is 43.7 Å². The monoisotopic (exact) mass is 260 g/mol. The van der Waals surface area contributed by atoms with E-state index in [0.29, 0.717) is 0 Å². The molecule has 0 aliphatic rings. The molecule has 19 heavy (non-hydrogen) atoms. The fourth-order valence-corrected chi connectivity index (χ4v) is 1.90. The molecule has 6 nitrogen and oxygen atoms in total. The first-order valence-corrected chi connectivity index (χ1v) is 6.61. The Morgan fingerprint density at radius 3 is 2.84 bits per heavy atom. The lowest BCUT2D eigenvalue weighted by Gasteiger charge is -2.15. The lowest BCUT2D eigenvalue weighted by atomic mass is 10.2. The maximum absolute atomic E-state index is 4.47. The minimum Gasteiger partial charge on any atom is -0.300 e. The van der Waals surface area contributed by atoms with Gasteiger partial charge < -0.3 is 4.90 Å². The molecule has 0 N–H and O–H groups in total. The van der Waals surface area contributed by atoms with E-state index in [1.807, 2.05) is 6.20 Å². The van der Waals surface area contributed by atoms with Gasteiger partial charge in [0, 0.05) is 25.8 Å². The van der Waals surface area contributed by atoms with Crippen molar-refractivity contribution < 1.29 is 0 Å². The van der Waals surface area contributed by atoms with Crippen molar-refractivity contribution in [3.8, 4) is 0 Å². The molecule has 0 saturated carbocycles. The minimum absolute atomic E-state index is 0.847. The Bertz CT molecular complexity index is 464. The molecule has 0 fully saturated rings. The van der Waals surface area contributed by atoms with E-state index in [0.717, 1.165) is 38.2 Å². The smallest absolute Gasteiger partial charge is 0.138 e. The van der Waals surface area contributed by atoms with Gasteiger partial charge in [0.2, 0.25) is 0 Å². The highest BCUT2D eigenvalue weighted by Crippen LogP contribution is 2.04. The van der Waals surface area contributed by atoms with Crippen LogP contribution in [-0.2, 0) is 19.5 Å². The van der Waals surface area contributed by atoms with E-state index < -0.39 is 0 Å². The highest BCUT2D eigenvalue weighted by Gasteiger charge is 2.02. The number of rotatable bonds is 7. The molecule has 0 unspecified atom stereocenters. The normalized spacial score (nSPS) is 11.1. The van der Waals surface area contributed by atoms with Gasteiger partial charge in [0.05, 0.1) is 5.69 Å². The van der Waals surface area contributed by atoms with E-state index in [4.69, 9.17) is 0 Å². The summed E-state index contributed by atoms with van der Waals surface area (Å²) in [5.41, 5.74) is 2.40. The molecule has 0 spiro atoms. The molecular weight excluding hydrogens is 240 g/mol. The molecule has 6 heteroatoms. The Hall–Kier alpha value is -1.82. The maximum atomic E-state index is 4.47. The number of aromatic nitrogens is 5. The van der Waals surface area contributed by atoms with Crippen molar-refractivity contribution in [3.05, 3.63) is 35.9 Å². The Morgan fingerprint density at radius 1 is 1.32 bits per heavy atom. The maximum Gasteiger partial charge on any atom is 0.138 e. The zero-order valence-electron chi connectivity index (χ0n) is 11.5. The molecule has 0 aliphatic heterocycles. The second-order valence-electron chi connectivity index (χ2n) is 4.68. The SMILES string of the molecule is CCc1ccc(CN(C)CCCn2cnnn2)nc1. The van der Waals surface area contributed by atoms with Crippen molar-refractivity contribution in [1.29, 1.82) is 0 Å². The number of tetrazole rings is 1. The van der Waals surface area contributed by atoms with Gasteiger partial charge in [0.15, 0.2) is 0 Å². The van der Waals surface area contributed by atoms with Crippen molar-refractivity contribution in [3.63, 3.8) is 0 Å². The predicted octanol–water partition coefficient (Wildman–Crippen LogP) is 1.15. The van der Waals surface area contributed by atoms with Gasteiger partial charge in [0.25, 0.3) is 0 Å². The fraction of sp³-hybridized carbons (Fsp3) is 0.538. The molecule has 2 heterocycles. The first-order chi connectivity index (χ1) is 9.28. The summed E-state index contributed by atoms with van der Waals surface area (Å²) >= 11 is 0. The standard InChI is InChI=1S/C13H20N6/c1-3-12-5-6-13(14-9-12)10-18(2)7-4-8-19-11-15-16-17-19/h5-6,9,11H,3-4,7-8,10H2,1-2H3. The summed E-state index contributed by atoms with van der Waals surface area (Å²) < 4.78 is 1.75. The molecule has 2 rings (SSSR count). The molecule has 0 aliphatic carbocycles. The van der Waals surface area contributed by atoms with Gasteiger partial charge in [-0.1, -0.05) is 13.0 Å². The second kappa shape index (κ2) is 6.94. The van der Waals surface area contributed by atoms with Crippen LogP contribution in [0.3, 0.4) is 0 Å². The van der Waals surface area contributed by atoms with Crippen molar-refractivity contribution >= 4 is 0 Å². The predicted molar refractivity (Wildman–Crippen MR) is 72.4 cm³/mol. The number of nitrogens with zero attached hydrogens (tertiary/aromatic N) is 6. The minimum atomic E-state index is 0.847. The summed E-state index contributed by atoms with van der Waals surface area (Å²) in [5, 5.41) is 11.1. The van der Waals surface area contributed by atoms with E-state index >= 15 is 0 Å². The average molecular weight is 260 g/mol. The van der Waals surface area contributed by atoms with Gasteiger partial charge in [-0.05, 0) is 41.9 Å².